The molecule has 1 aromatic carbocycles. The van der Waals surface area contributed by atoms with Crippen molar-refractivity contribution in [3.8, 4) is 17.2 Å². The molecule has 0 bridgehead atoms. The summed E-state index contributed by atoms with van der Waals surface area (Å²) in [5, 5.41) is 11.0. The zero-order chi connectivity index (χ0) is 21.8. The molecule has 0 unspecified atom stereocenters. The third-order valence-electron chi connectivity index (χ3n) is 5.39. The fourth-order valence-electron chi connectivity index (χ4n) is 3.67. The van der Waals surface area contributed by atoms with Gasteiger partial charge in [0.15, 0.2) is 5.69 Å². The molecule has 0 atom stereocenters. The Labute approximate surface area is 177 Å². The molecule has 2 heterocycles. The van der Waals surface area contributed by atoms with Crippen molar-refractivity contribution in [3.63, 3.8) is 0 Å². The zero-order valence-corrected chi connectivity index (χ0v) is 17.3. The van der Waals surface area contributed by atoms with Gasteiger partial charge in [-0.05, 0) is 25.0 Å². The predicted molar refractivity (Wildman–Crippen MR) is 112 cm³/mol. The van der Waals surface area contributed by atoms with Crippen molar-refractivity contribution in [1.82, 2.24) is 29.8 Å². The van der Waals surface area contributed by atoms with Crippen molar-refractivity contribution < 1.29 is 9.32 Å². The van der Waals surface area contributed by atoms with E-state index in [1.54, 1.807) is 24.3 Å². The highest BCUT2D eigenvalue weighted by atomic mass is 16.5. The Balaban J connectivity index is 1.51. The lowest BCUT2D eigenvalue weighted by Crippen LogP contribution is -2.40. The minimum Gasteiger partial charge on any atom is -0.353 e. The van der Waals surface area contributed by atoms with Gasteiger partial charge < -0.3 is 9.84 Å². The van der Waals surface area contributed by atoms with E-state index in [4.69, 9.17) is 4.52 Å². The van der Waals surface area contributed by atoms with Crippen LogP contribution in [0.5, 0.6) is 0 Å². The average Bonchev–Trinajstić information content (AvgIpc) is 3.26. The van der Waals surface area contributed by atoms with E-state index in [1.165, 1.54) is 13.5 Å². The fraction of sp³-hybridized carbons (Fsp3) is 0.429. The molecule has 1 fully saturated rings. The highest BCUT2D eigenvalue weighted by Crippen LogP contribution is 2.17. The summed E-state index contributed by atoms with van der Waals surface area (Å²) >= 11 is 0. The largest absolute Gasteiger partial charge is 0.353 e. The molecule has 0 saturated heterocycles. The molecule has 10 heteroatoms. The Morgan fingerprint density at radius 3 is 2.65 bits per heavy atom. The lowest BCUT2D eigenvalue weighted by molar-refractivity contribution is -0.122. The SMILES string of the molecule is Cn1c(=O)c(-c2noc(CCC(=O)NC3CCCCC3)n2)nn(-c2ccccc2)c1=O. The minimum absolute atomic E-state index is 0.0204. The molecule has 1 saturated carbocycles. The van der Waals surface area contributed by atoms with Crippen LogP contribution in [-0.2, 0) is 18.3 Å². The number of amides is 1. The molecule has 10 nitrogen and oxygen atoms in total. The molecule has 1 N–H and O–H groups in total. The van der Waals surface area contributed by atoms with E-state index in [1.807, 2.05) is 6.07 Å². The first-order valence-corrected chi connectivity index (χ1v) is 10.4. The molecule has 1 amide bonds. The average molecular weight is 424 g/mol. The van der Waals surface area contributed by atoms with Gasteiger partial charge >= 0.3 is 5.69 Å². The molecule has 0 aliphatic heterocycles. The Morgan fingerprint density at radius 2 is 1.90 bits per heavy atom. The van der Waals surface area contributed by atoms with Crippen LogP contribution in [0.2, 0.25) is 0 Å². The van der Waals surface area contributed by atoms with Crippen molar-refractivity contribution in [2.24, 2.45) is 7.05 Å². The van der Waals surface area contributed by atoms with Gasteiger partial charge in [-0.15, -0.1) is 0 Å². The second-order valence-corrected chi connectivity index (χ2v) is 7.66. The fourth-order valence-corrected chi connectivity index (χ4v) is 3.67. The Bertz CT molecular complexity index is 1170. The van der Waals surface area contributed by atoms with Gasteiger partial charge in [0.25, 0.3) is 5.56 Å². The van der Waals surface area contributed by atoms with Crippen molar-refractivity contribution in [2.75, 3.05) is 0 Å². The summed E-state index contributed by atoms with van der Waals surface area (Å²) in [4.78, 5) is 41.5. The third-order valence-corrected chi connectivity index (χ3v) is 5.39. The number of carbonyl (C=O) groups is 1. The molecular weight excluding hydrogens is 400 g/mol. The minimum atomic E-state index is -0.625. The second kappa shape index (κ2) is 9.07. The lowest BCUT2D eigenvalue weighted by Gasteiger charge is -2.22. The van der Waals surface area contributed by atoms with Crippen molar-refractivity contribution in [3.05, 3.63) is 57.1 Å². The van der Waals surface area contributed by atoms with Gasteiger partial charge in [0.1, 0.15) is 0 Å². The number of benzene rings is 1. The Morgan fingerprint density at radius 1 is 1.16 bits per heavy atom. The van der Waals surface area contributed by atoms with Crippen LogP contribution in [0.3, 0.4) is 0 Å². The highest BCUT2D eigenvalue weighted by molar-refractivity contribution is 5.76. The number of aryl methyl sites for hydroxylation is 1. The molecule has 1 aliphatic carbocycles. The van der Waals surface area contributed by atoms with Crippen LogP contribution in [0.1, 0.15) is 44.4 Å². The van der Waals surface area contributed by atoms with Crippen LogP contribution in [-0.4, -0.2) is 36.4 Å². The number of hydrogen-bond donors (Lipinski definition) is 1. The molecule has 4 rings (SSSR count). The molecule has 1 aliphatic rings. The molecule has 31 heavy (non-hydrogen) atoms. The summed E-state index contributed by atoms with van der Waals surface area (Å²) in [5.41, 5.74) is -0.803. The Hall–Kier alpha value is -3.56. The van der Waals surface area contributed by atoms with Crippen LogP contribution in [0, 0.1) is 0 Å². The lowest BCUT2D eigenvalue weighted by atomic mass is 9.95. The van der Waals surface area contributed by atoms with E-state index in [9.17, 15) is 14.4 Å². The summed E-state index contributed by atoms with van der Waals surface area (Å²) < 4.78 is 7.28. The third kappa shape index (κ3) is 4.62. The van der Waals surface area contributed by atoms with Crippen LogP contribution in [0.15, 0.2) is 44.4 Å². The van der Waals surface area contributed by atoms with Crippen LogP contribution < -0.4 is 16.6 Å². The Kier molecular flexibility index (Phi) is 6.06. The maximum absolute atomic E-state index is 12.6. The number of nitrogens with zero attached hydrogens (tertiary/aromatic N) is 5. The maximum atomic E-state index is 12.6. The van der Waals surface area contributed by atoms with Gasteiger partial charge in [-0.3, -0.25) is 14.2 Å². The van der Waals surface area contributed by atoms with E-state index in [-0.39, 0.29) is 42.2 Å². The first-order chi connectivity index (χ1) is 15.0. The number of para-hydroxylation sites is 1. The smallest absolute Gasteiger partial charge is 0.351 e. The van der Waals surface area contributed by atoms with E-state index in [0.29, 0.717) is 5.69 Å². The van der Waals surface area contributed by atoms with E-state index < -0.39 is 11.2 Å². The maximum Gasteiger partial charge on any atom is 0.351 e. The van der Waals surface area contributed by atoms with Gasteiger partial charge in [0.05, 0.1) is 5.69 Å². The van der Waals surface area contributed by atoms with Gasteiger partial charge in [-0.2, -0.15) is 14.8 Å². The second-order valence-electron chi connectivity index (χ2n) is 7.66. The number of rotatable bonds is 6. The molecule has 162 valence electrons. The van der Waals surface area contributed by atoms with Gasteiger partial charge in [-0.1, -0.05) is 42.6 Å². The first kappa shape index (κ1) is 20.7. The van der Waals surface area contributed by atoms with Crippen molar-refractivity contribution >= 4 is 5.91 Å². The number of hydrogen-bond acceptors (Lipinski definition) is 7. The van der Waals surface area contributed by atoms with Crippen LogP contribution in [0.25, 0.3) is 17.2 Å². The zero-order valence-electron chi connectivity index (χ0n) is 17.3. The monoisotopic (exact) mass is 424 g/mol. The summed E-state index contributed by atoms with van der Waals surface area (Å²) in [6.45, 7) is 0. The van der Waals surface area contributed by atoms with E-state index in [0.717, 1.165) is 34.9 Å². The molecule has 2 aromatic heterocycles. The normalized spacial score (nSPS) is 14.5. The number of carbonyl (C=O) groups excluding carboxylic acids is 1. The van der Waals surface area contributed by atoms with Crippen molar-refractivity contribution in [2.45, 2.75) is 51.0 Å². The van der Waals surface area contributed by atoms with Crippen molar-refractivity contribution in [1.29, 1.82) is 0 Å². The highest BCUT2D eigenvalue weighted by Gasteiger charge is 2.20. The molecule has 0 spiro atoms. The summed E-state index contributed by atoms with van der Waals surface area (Å²) in [6.07, 6.45) is 6.01. The van der Waals surface area contributed by atoms with Gasteiger partial charge in [0.2, 0.25) is 17.6 Å². The molecular formula is C21H24N6O4. The molecule has 3 aromatic rings. The first-order valence-electron chi connectivity index (χ1n) is 10.4. The molecule has 0 radical (unpaired) electrons. The number of nitrogens with one attached hydrogen (secondary N) is 1. The summed E-state index contributed by atoms with van der Waals surface area (Å²) in [6, 6.07) is 8.99. The predicted octanol–water partition coefficient (Wildman–Crippen LogP) is 1.36. The standard InChI is InChI=1S/C21H24N6O4/c1-26-20(29)18(24-27(21(26)30)15-10-6-3-7-11-15)19-23-17(31-25-19)13-12-16(28)22-14-8-4-2-5-9-14/h3,6-7,10-11,14H,2,4-5,8-9,12-13H2,1H3,(H,22,28). The van der Waals surface area contributed by atoms with Gasteiger partial charge in [-0.25, -0.2) is 4.79 Å². The topological polar surface area (TPSA) is 125 Å². The van der Waals surface area contributed by atoms with E-state index in [2.05, 4.69) is 20.6 Å². The van der Waals surface area contributed by atoms with Crippen LogP contribution >= 0.6 is 0 Å². The number of aromatic nitrogens is 5. The van der Waals surface area contributed by atoms with Gasteiger partial charge in [0, 0.05) is 25.9 Å². The van der Waals surface area contributed by atoms with Crippen LogP contribution in [0.4, 0.5) is 0 Å². The summed E-state index contributed by atoms with van der Waals surface area (Å²) in [7, 11) is 1.37. The summed E-state index contributed by atoms with van der Waals surface area (Å²) in [5.74, 6) is 0.154. The quantitative estimate of drug-likeness (QED) is 0.633. The van der Waals surface area contributed by atoms with E-state index >= 15 is 0 Å².